The first-order valence-corrected chi connectivity index (χ1v) is 15.6. The Morgan fingerprint density at radius 2 is 1.32 bits per heavy atom. The van der Waals surface area contributed by atoms with Crippen LogP contribution in [-0.4, -0.2) is 19.9 Å². The molecule has 0 fully saturated rings. The van der Waals surface area contributed by atoms with Crippen LogP contribution in [0.2, 0.25) is 0 Å². The van der Waals surface area contributed by atoms with Gasteiger partial charge in [0.2, 0.25) is 0 Å². The summed E-state index contributed by atoms with van der Waals surface area (Å²) < 4.78 is 6.51. The van der Waals surface area contributed by atoms with E-state index in [2.05, 4.69) is 107 Å². The van der Waals surface area contributed by atoms with Gasteiger partial charge in [-0.25, -0.2) is 4.98 Å². The molecule has 5 nitrogen and oxygen atoms in total. The van der Waals surface area contributed by atoms with Gasteiger partial charge in [-0.05, 0) is 48.0 Å². The fourth-order valence-electron chi connectivity index (χ4n) is 6.99. The summed E-state index contributed by atoms with van der Waals surface area (Å²) in [6.07, 6.45) is 5.61. The van der Waals surface area contributed by atoms with Crippen molar-refractivity contribution in [1.29, 1.82) is 0 Å². The van der Waals surface area contributed by atoms with Gasteiger partial charge >= 0.3 is 0 Å². The van der Waals surface area contributed by atoms with E-state index in [0.717, 1.165) is 99.1 Å². The minimum absolute atomic E-state index is 0.888. The fourth-order valence-corrected chi connectivity index (χ4v) is 6.99. The van der Waals surface area contributed by atoms with Gasteiger partial charge in [-0.2, -0.15) is 0 Å². The van der Waals surface area contributed by atoms with Gasteiger partial charge in [0.05, 0.1) is 27.9 Å². The molecular formula is C42H24N4O. The van der Waals surface area contributed by atoms with Crippen LogP contribution < -0.4 is 0 Å². The van der Waals surface area contributed by atoms with Gasteiger partial charge < -0.3 is 4.42 Å². The third kappa shape index (κ3) is 3.97. The highest BCUT2D eigenvalue weighted by Crippen LogP contribution is 2.41. The molecule has 5 heteroatoms. The number of benzene rings is 5. The maximum atomic E-state index is 6.51. The Balaban J connectivity index is 1.10. The summed E-state index contributed by atoms with van der Waals surface area (Å²) in [6, 6.07) is 43.9. The van der Waals surface area contributed by atoms with Crippen LogP contribution in [0, 0.1) is 0 Å². The summed E-state index contributed by atoms with van der Waals surface area (Å²) in [5.74, 6) is 0. The Morgan fingerprint density at radius 3 is 2.26 bits per heavy atom. The van der Waals surface area contributed by atoms with Crippen molar-refractivity contribution < 1.29 is 4.42 Å². The van der Waals surface area contributed by atoms with Crippen LogP contribution in [-0.2, 0) is 0 Å². The number of aromatic nitrogens is 4. The monoisotopic (exact) mass is 600 g/mol. The molecule has 47 heavy (non-hydrogen) atoms. The van der Waals surface area contributed by atoms with E-state index in [1.165, 1.54) is 0 Å². The molecule has 10 rings (SSSR count). The third-order valence-electron chi connectivity index (χ3n) is 9.20. The first kappa shape index (κ1) is 25.8. The van der Waals surface area contributed by atoms with Crippen molar-refractivity contribution in [2.75, 3.05) is 0 Å². The van der Waals surface area contributed by atoms with Gasteiger partial charge in [-0.15, -0.1) is 0 Å². The molecule has 0 aliphatic carbocycles. The Kier molecular flexibility index (Phi) is 5.51. The molecule has 5 heterocycles. The van der Waals surface area contributed by atoms with Crippen LogP contribution in [0.5, 0.6) is 0 Å². The van der Waals surface area contributed by atoms with E-state index in [1.807, 2.05) is 48.9 Å². The second-order valence-electron chi connectivity index (χ2n) is 11.8. The molecule has 218 valence electrons. The van der Waals surface area contributed by atoms with Crippen LogP contribution >= 0.6 is 0 Å². The SMILES string of the molecule is c1cc(-c2ccc(-c3ccnc4c3ccc3cccnc34)cn2)cc(-c2nc3ccccc3c3c2ccc2c4ccccc4oc23)c1. The van der Waals surface area contributed by atoms with Crippen LogP contribution in [0.25, 0.3) is 99.1 Å². The lowest BCUT2D eigenvalue weighted by Crippen LogP contribution is -1.92. The number of para-hydroxylation sites is 2. The first-order chi connectivity index (χ1) is 23.3. The molecule has 0 saturated carbocycles. The minimum Gasteiger partial charge on any atom is -0.455 e. The smallest absolute Gasteiger partial charge is 0.144 e. The summed E-state index contributed by atoms with van der Waals surface area (Å²) >= 11 is 0. The zero-order valence-electron chi connectivity index (χ0n) is 25.1. The van der Waals surface area contributed by atoms with Gasteiger partial charge in [-0.3, -0.25) is 15.0 Å². The second kappa shape index (κ2) is 10.0. The lowest BCUT2D eigenvalue weighted by atomic mass is 9.96. The van der Waals surface area contributed by atoms with Gasteiger partial charge in [-0.1, -0.05) is 84.9 Å². The molecule has 5 aromatic heterocycles. The summed E-state index contributed by atoms with van der Waals surface area (Å²) in [5, 5.41) is 7.59. The number of rotatable bonds is 3. The molecule has 0 spiro atoms. The van der Waals surface area contributed by atoms with E-state index in [4.69, 9.17) is 14.4 Å². The summed E-state index contributed by atoms with van der Waals surface area (Å²) in [5.41, 5.74) is 10.5. The Bertz CT molecular complexity index is 2850. The van der Waals surface area contributed by atoms with E-state index in [9.17, 15) is 0 Å². The van der Waals surface area contributed by atoms with Crippen LogP contribution in [0.15, 0.2) is 150 Å². The number of furan rings is 1. The van der Waals surface area contributed by atoms with E-state index >= 15 is 0 Å². The highest BCUT2D eigenvalue weighted by molar-refractivity contribution is 6.24. The molecule has 0 aliphatic heterocycles. The van der Waals surface area contributed by atoms with Gasteiger partial charge in [0.25, 0.3) is 0 Å². The molecule has 0 bridgehead atoms. The first-order valence-electron chi connectivity index (χ1n) is 15.6. The molecular weight excluding hydrogens is 576 g/mol. The zero-order valence-corrected chi connectivity index (χ0v) is 25.1. The van der Waals surface area contributed by atoms with Gasteiger partial charge in [0, 0.05) is 73.0 Å². The number of fused-ring (bicyclic) bond motifs is 10. The Morgan fingerprint density at radius 1 is 0.489 bits per heavy atom. The largest absolute Gasteiger partial charge is 0.455 e. The van der Waals surface area contributed by atoms with Crippen molar-refractivity contribution in [1.82, 2.24) is 19.9 Å². The number of pyridine rings is 4. The predicted molar refractivity (Wildman–Crippen MR) is 191 cm³/mol. The standard InChI is InChI=1S/C42H24N4O/c1-3-12-36-33(11-1)38-34(18-17-32-30-10-2-4-13-37(30)47-42(32)38)39(46-36)27-8-5-7-26(23-27)35-19-15-28(24-45-35)29-20-22-44-41-31(29)16-14-25-9-6-21-43-40(25)41/h1-24H. The second-order valence-corrected chi connectivity index (χ2v) is 11.8. The molecule has 0 N–H and O–H groups in total. The van der Waals surface area contributed by atoms with Crippen LogP contribution in [0.3, 0.4) is 0 Å². The number of hydrogen-bond donors (Lipinski definition) is 0. The highest BCUT2D eigenvalue weighted by Gasteiger charge is 2.18. The third-order valence-corrected chi connectivity index (χ3v) is 9.20. The molecule has 0 aliphatic rings. The van der Waals surface area contributed by atoms with Crippen LogP contribution in [0.1, 0.15) is 0 Å². The minimum atomic E-state index is 0.888. The maximum Gasteiger partial charge on any atom is 0.144 e. The molecule has 0 atom stereocenters. The average Bonchev–Trinajstić information content (AvgIpc) is 3.53. The molecule has 5 aromatic carbocycles. The number of nitrogens with zero attached hydrogens (tertiary/aromatic N) is 4. The average molecular weight is 601 g/mol. The lowest BCUT2D eigenvalue weighted by molar-refractivity contribution is 0.673. The fraction of sp³-hybridized carbons (Fsp3) is 0. The molecule has 0 unspecified atom stereocenters. The Labute approximate surface area is 268 Å². The normalized spacial score (nSPS) is 11.8. The van der Waals surface area contributed by atoms with E-state index in [0.29, 0.717) is 0 Å². The van der Waals surface area contributed by atoms with Gasteiger partial charge in [0.15, 0.2) is 0 Å². The van der Waals surface area contributed by atoms with Crippen molar-refractivity contribution in [3.63, 3.8) is 0 Å². The molecule has 0 saturated heterocycles. The van der Waals surface area contributed by atoms with Crippen molar-refractivity contribution >= 4 is 65.4 Å². The summed E-state index contributed by atoms with van der Waals surface area (Å²) in [7, 11) is 0. The van der Waals surface area contributed by atoms with E-state index in [1.54, 1.807) is 0 Å². The molecule has 10 aromatic rings. The topological polar surface area (TPSA) is 64.7 Å². The number of hydrogen-bond acceptors (Lipinski definition) is 5. The highest BCUT2D eigenvalue weighted by atomic mass is 16.3. The van der Waals surface area contributed by atoms with E-state index < -0.39 is 0 Å². The van der Waals surface area contributed by atoms with Crippen molar-refractivity contribution in [2.45, 2.75) is 0 Å². The van der Waals surface area contributed by atoms with Crippen molar-refractivity contribution in [3.05, 3.63) is 146 Å². The molecule has 0 amide bonds. The van der Waals surface area contributed by atoms with E-state index in [-0.39, 0.29) is 0 Å². The van der Waals surface area contributed by atoms with Gasteiger partial charge in [0.1, 0.15) is 11.2 Å². The lowest BCUT2D eigenvalue weighted by Gasteiger charge is -2.12. The summed E-state index contributed by atoms with van der Waals surface area (Å²) in [4.78, 5) is 19.4. The Hall–Kier alpha value is -6.46. The maximum absolute atomic E-state index is 6.51. The molecule has 0 radical (unpaired) electrons. The van der Waals surface area contributed by atoms with Crippen molar-refractivity contribution in [2.24, 2.45) is 0 Å². The zero-order chi connectivity index (χ0) is 30.9. The van der Waals surface area contributed by atoms with Crippen LogP contribution in [0.4, 0.5) is 0 Å². The predicted octanol–water partition coefficient (Wildman–Crippen LogP) is 10.8. The van der Waals surface area contributed by atoms with Crippen molar-refractivity contribution in [3.8, 4) is 33.6 Å². The quantitative estimate of drug-likeness (QED) is 0.189. The summed E-state index contributed by atoms with van der Waals surface area (Å²) in [6.45, 7) is 0.